The van der Waals surface area contributed by atoms with Crippen molar-refractivity contribution in [3.63, 3.8) is 0 Å². The number of rotatable bonds is 7. The van der Waals surface area contributed by atoms with Gasteiger partial charge in [0.1, 0.15) is 4.83 Å². The third kappa shape index (κ3) is 6.20. The Morgan fingerprint density at radius 3 is 1.37 bits per heavy atom. The van der Waals surface area contributed by atoms with Crippen molar-refractivity contribution in [3.05, 3.63) is 200 Å². The molecular weight excluding hydrogens is 779 g/mol. The summed E-state index contributed by atoms with van der Waals surface area (Å²) in [5.74, 6) is 2.52. The Morgan fingerprint density at radius 2 is 0.806 bits per heavy atom. The Kier molecular flexibility index (Phi) is 8.53. The molecule has 7 nitrogen and oxygen atoms in total. The molecule has 0 radical (unpaired) electrons. The van der Waals surface area contributed by atoms with Gasteiger partial charge in [-0.3, -0.25) is 0 Å². The molecule has 0 saturated carbocycles. The zero-order chi connectivity index (χ0) is 41.0. The van der Waals surface area contributed by atoms with E-state index in [0.29, 0.717) is 23.3 Å². The minimum atomic E-state index is 0.600. The first kappa shape index (κ1) is 35.7. The van der Waals surface area contributed by atoms with Crippen LogP contribution in [0.1, 0.15) is 0 Å². The summed E-state index contributed by atoms with van der Waals surface area (Å²) in [7, 11) is 0. The normalized spacial score (nSPS) is 11.5. The molecule has 7 aromatic carbocycles. The molecule has 0 saturated heterocycles. The highest BCUT2D eigenvalue weighted by atomic mass is 32.1. The van der Waals surface area contributed by atoms with Gasteiger partial charge in [-0.15, -0.1) is 11.3 Å². The zero-order valence-electron chi connectivity index (χ0n) is 33.1. The zero-order valence-corrected chi connectivity index (χ0v) is 33.9. The monoisotopic (exact) mass is 811 g/mol. The van der Waals surface area contributed by atoms with E-state index in [1.54, 1.807) is 11.3 Å². The third-order valence-electron chi connectivity index (χ3n) is 11.4. The Bertz CT molecular complexity index is 3550. The van der Waals surface area contributed by atoms with Crippen LogP contribution in [0.15, 0.2) is 200 Å². The van der Waals surface area contributed by atoms with Gasteiger partial charge in [-0.1, -0.05) is 152 Å². The number of aromatic nitrogens is 7. The van der Waals surface area contributed by atoms with Crippen LogP contribution in [-0.2, 0) is 0 Å². The van der Waals surface area contributed by atoms with E-state index in [2.05, 4.69) is 132 Å². The molecule has 0 aliphatic rings. The van der Waals surface area contributed by atoms with Crippen molar-refractivity contribution in [1.82, 2.24) is 34.5 Å². The van der Waals surface area contributed by atoms with Gasteiger partial charge in [0.2, 0.25) is 0 Å². The van der Waals surface area contributed by atoms with Crippen LogP contribution < -0.4 is 0 Å². The first-order valence-corrected chi connectivity index (χ1v) is 21.3. The van der Waals surface area contributed by atoms with Crippen LogP contribution in [0.4, 0.5) is 0 Å². The molecule has 8 heteroatoms. The summed E-state index contributed by atoms with van der Waals surface area (Å²) < 4.78 is 3.34. The fourth-order valence-corrected chi connectivity index (χ4v) is 9.39. The molecule has 12 aromatic rings. The molecule has 0 unspecified atom stereocenters. The predicted molar refractivity (Wildman–Crippen MR) is 253 cm³/mol. The molecule has 0 aliphatic heterocycles. The number of nitrogens with zero attached hydrogens (tertiary/aromatic N) is 7. The number of hydrogen-bond acceptors (Lipinski definition) is 7. The van der Waals surface area contributed by atoms with E-state index in [-0.39, 0.29) is 0 Å². The summed E-state index contributed by atoms with van der Waals surface area (Å²) >= 11 is 1.63. The van der Waals surface area contributed by atoms with Crippen molar-refractivity contribution in [1.29, 1.82) is 0 Å². The summed E-state index contributed by atoms with van der Waals surface area (Å²) in [4.78, 5) is 31.2. The van der Waals surface area contributed by atoms with Crippen LogP contribution in [0.25, 0.3) is 116 Å². The van der Waals surface area contributed by atoms with Gasteiger partial charge in [0.05, 0.1) is 26.9 Å². The number of benzene rings is 7. The molecule has 0 N–H and O–H groups in total. The van der Waals surface area contributed by atoms with Crippen molar-refractivity contribution in [2.24, 2.45) is 0 Å². The molecule has 0 amide bonds. The van der Waals surface area contributed by atoms with Gasteiger partial charge < -0.3 is 4.57 Å². The minimum Gasteiger partial charge on any atom is -0.309 e. The summed E-state index contributed by atoms with van der Waals surface area (Å²) in [6, 6.07) is 66.7. The molecule has 0 aliphatic carbocycles. The number of thiophene rings is 1. The highest BCUT2D eigenvalue weighted by Gasteiger charge is 2.19. The predicted octanol–water partition coefficient (Wildman–Crippen LogP) is 13.5. The molecule has 0 spiro atoms. The number of pyridine rings is 1. The standard InChI is InChI=1S/C54H33N7S/c1-4-14-35(15-5-1)47-49-48(57-50(56-47)36-16-6-2-7-17-36)44-32-40(33-55-54(44)62-49)34-24-26-38(27-25-34)52-58-51(37-18-8-3-9-19-37)59-53(60-52)39-28-30-41(31-29-39)61-45-22-12-10-20-42(45)43-21-11-13-23-46(43)61/h1-33H. The number of para-hydroxylation sites is 2. The fraction of sp³-hybridized carbons (Fsp3) is 0. The quantitative estimate of drug-likeness (QED) is 0.159. The molecule has 0 bridgehead atoms. The highest BCUT2D eigenvalue weighted by molar-refractivity contribution is 7.25. The van der Waals surface area contributed by atoms with Crippen LogP contribution in [0.5, 0.6) is 0 Å². The van der Waals surface area contributed by atoms with E-state index >= 15 is 0 Å². The molecule has 5 heterocycles. The first-order valence-electron chi connectivity index (χ1n) is 20.4. The van der Waals surface area contributed by atoms with E-state index in [9.17, 15) is 0 Å². The molecular formula is C54H33N7S. The molecule has 290 valence electrons. The second-order valence-corrected chi connectivity index (χ2v) is 16.1. The molecule has 5 aromatic heterocycles. The lowest BCUT2D eigenvalue weighted by atomic mass is 10.0. The average molecular weight is 812 g/mol. The van der Waals surface area contributed by atoms with Crippen molar-refractivity contribution in [2.75, 3.05) is 0 Å². The van der Waals surface area contributed by atoms with Crippen LogP contribution in [0, 0.1) is 0 Å². The average Bonchev–Trinajstić information content (AvgIpc) is 3.90. The van der Waals surface area contributed by atoms with Gasteiger partial charge in [-0.2, -0.15) is 0 Å². The second-order valence-electron chi connectivity index (χ2n) is 15.2. The fourth-order valence-electron chi connectivity index (χ4n) is 8.32. The smallest absolute Gasteiger partial charge is 0.164 e. The van der Waals surface area contributed by atoms with Gasteiger partial charge in [0.25, 0.3) is 0 Å². The lowest BCUT2D eigenvalue weighted by Gasteiger charge is -2.11. The van der Waals surface area contributed by atoms with Gasteiger partial charge in [0, 0.05) is 61.4 Å². The Labute approximate surface area is 360 Å². The summed E-state index contributed by atoms with van der Waals surface area (Å²) in [6.45, 7) is 0. The van der Waals surface area contributed by atoms with Crippen LogP contribution in [0.2, 0.25) is 0 Å². The Balaban J connectivity index is 0.923. The first-order chi connectivity index (χ1) is 30.7. The largest absolute Gasteiger partial charge is 0.309 e. The topological polar surface area (TPSA) is 82.3 Å². The van der Waals surface area contributed by atoms with Gasteiger partial charge >= 0.3 is 0 Å². The lowest BCUT2D eigenvalue weighted by Crippen LogP contribution is -2.00. The Hall–Kier alpha value is -8.20. The van der Waals surface area contributed by atoms with Crippen molar-refractivity contribution in [2.45, 2.75) is 0 Å². The summed E-state index contributed by atoms with van der Waals surface area (Å²) in [5, 5.41) is 3.46. The maximum Gasteiger partial charge on any atom is 0.164 e. The maximum atomic E-state index is 5.15. The Morgan fingerprint density at radius 1 is 0.355 bits per heavy atom. The van der Waals surface area contributed by atoms with Crippen molar-refractivity contribution >= 4 is 53.6 Å². The van der Waals surface area contributed by atoms with Gasteiger partial charge in [-0.05, 0) is 48.0 Å². The van der Waals surface area contributed by atoms with Gasteiger partial charge in [0.15, 0.2) is 23.3 Å². The maximum absolute atomic E-state index is 5.15. The van der Waals surface area contributed by atoms with E-state index < -0.39 is 0 Å². The number of hydrogen-bond donors (Lipinski definition) is 0. The van der Waals surface area contributed by atoms with Crippen LogP contribution in [0.3, 0.4) is 0 Å². The summed E-state index contributed by atoms with van der Waals surface area (Å²) in [5.41, 5.74) is 12.0. The van der Waals surface area contributed by atoms with E-state index in [4.69, 9.17) is 29.9 Å². The second kappa shape index (κ2) is 14.8. The third-order valence-corrected chi connectivity index (χ3v) is 12.5. The lowest BCUT2D eigenvalue weighted by molar-refractivity contribution is 1.07. The molecule has 12 rings (SSSR count). The number of fused-ring (bicyclic) bond motifs is 6. The molecule has 0 atom stereocenters. The van der Waals surface area contributed by atoms with Gasteiger partial charge in [-0.25, -0.2) is 29.9 Å². The SMILES string of the molecule is c1ccc(-c2nc(-c3ccc(-c4cnc5sc6c(-c7ccccc7)nc(-c7ccccc7)nc6c5c4)cc3)nc(-c3ccc(-n4c5ccccc5c5ccccc54)cc3)n2)cc1. The van der Waals surface area contributed by atoms with Crippen LogP contribution in [-0.4, -0.2) is 34.5 Å². The van der Waals surface area contributed by atoms with Crippen LogP contribution >= 0.6 is 11.3 Å². The van der Waals surface area contributed by atoms with E-state index in [0.717, 1.165) is 70.8 Å². The van der Waals surface area contributed by atoms with E-state index in [1.807, 2.05) is 72.9 Å². The molecule has 0 fully saturated rings. The summed E-state index contributed by atoms with van der Waals surface area (Å²) in [6.07, 6.45) is 1.94. The highest BCUT2D eigenvalue weighted by Crippen LogP contribution is 2.40. The molecule has 62 heavy (non-hydrogen) atoms. The van der Waals surface area contributed by atoms with Crippen molar-refractivity contribution in [3.8, 4) is 73.6 Å². The van der Waals surface area contributed by atoms with Crippen molar-refractivity contribution < 1.29 is 0 Å². The minimum absolute atomic E-state index is 0.600. The van der Waals surface area contributed by atoms with E-state index in [1.165, 1.54) is 21.8 Å².